The van der Waals surface area contributed by atoms with Crippen LogP contribution in [0, 0.1) is 11.7 Å². The third-order valence-corrected chi connectivity index (χ3v) is 8.66. The largest absolute Gasteiger partial charge is 0.342 e. The monoisotopic (exact) mass is 437 g/mol. The number of amides is 1. The summed E-state index contributed by atoms with van der Waals surface area (Å²) in [7, 11) is -3.88. The average molecular weight is 438 g/mol. The van der Waals surface area contributed by atoms with Gasteiger partial charge in [0.2, 0.25) is 15.9 Å². The molecule has 1 amide bonds. The van der Waals surface area contributed by atoms with Crippen LogP contribution in [-0.4, -0.2) is 54.7 Å². The second-order valence-corrected chi connectivity index (χ2v) is 10.4. The molecule has 0 N–H and O–H groups in total. The molecule has 2 aromatic rings. The third kappa shape index (κ3) is 4.22. The zero-order valence-electron chi connectivity index (χ0n) is 16.0. The van der Waals surface area contributed by atoms with E-state index < -0.39 is 15.8 Å². The Kier molecular flexibility index (Phi) is 5.98. The lowest BCUT2D eigenvalue weighted by Gasteiger charge is -2.37. The van der Waals surface area contributed by atoms with E-state index in [4.69, 9.17) is 0 Å². The van der Waals surface area contributed by atoms with Gasteiger partial charge >= 0.3 is 0 Å². The molecule has 3 heterocycles. The Morgan fingerprint density at radius 2 is 1.90 bits per heavy atom. The molecule has 9 heteroatoms. The van der Waals surface area contributed by atoms with E-state index in [1.807, 2.05) is 10.3 Å². The standard InChI is InChI=1S/C20H24FN3O3S2/c21-17-5-1-2-6-18(17)29(26,27)24-11-7-15(8-12-24)20(25)23-10-3-4-16(14-23)19-22-9-13-28-19/h1-2,5-6,9,13,15-16H,3-4,7-8,10-12,14H2. The summed E-state index contributed by atoms with van der Waals surface area (Å²) >= 11 is 1.63. The fourth-order valence-corrected chi connectivity index (χ4v) is 6.51. The Morgan fingerprint density at radius 1 is 1.14 bits per heavy atom. The van der Waals surface area contributed by atoms with Gasteiger partial charge in [-0.05, 0) is 37.8 Å². The Balaban J connectivity index is 1.38. The van der Waals surface area contributed by atoms with Gasteiger partial charge in [-0.25, -0.2) is 17.8 Å². The van der Waals surface area contributed by atoms with E-state index in [0.717, 1.165) is 30.5 Å². The van der Waals surface area contributed by atoms with Gasteiger partial charge in [0.05, 0.1) is 5.01 Å². The molecule has 0 spiro atoms. The van der Waals surface area contributed by atoms with Crippen molar-refractivity contribution in [3.63, 3.8) is 0 Å². The molecule has 2 aliphatic rings. The quantitative estimate of drug-likeness (QED) is 0.737. The summed E-state index contributed by atoms with van der Waals surface area (Å²) < 4.78 is 40.8. The fourth-order valence-electron chi connectivity index (χ4n) is 4.21. The SMILES string of the molecule is O=C(C1CCN(S(=O)(=O)c2ccccc2F)CC1)N1CCCC(c2nccs2)C1. The van der Waals surface area contributed by atoms with Crippen molar-refractivity contribution in [3.05, 3.63) is 46.7 Å². The average Bonchev–Trinajstić information content (AvgIpc) is 3.29. The fraction of sp³-hybridized carbons (Fsp3) is 0.500. The second-order valence-electron chi connectivity index (χ2n) is 7.60. The number of thiazole rings is 1. The molecule has 1 aromatic heterocycles. The molecular formula is C20H24FN3O3S2. The summed E-state index contributed by atoms with van der Waals surface area (Å²) in [6, 6.07) is 5.42. The number of likely N-dealkylation sites (tertiary alicyclic amines) is 1. The minimum absolute atomic E-state index is 0.106. The second kappa shape index (κ2) is 8.49. The van der Waals surface area contributed by atoms with Crippen LogP contribution in [0.2, 0.25) is 0 Å². The van der Waals surface area contributed by atoms with Crippen LogP contribution in [0.1, 0.15) is 36.6 Å². The van der Waals surface area contributed by atoms with Crippen molar-refractivity contribution in [2.24, 2.45) is 5.92 Å². The first-order valence-electron chi connectivity index (χ1n) is 9.89. The van der Waals surface area contributed by atoms with Gasteiger partial charge in [-0.3, -0.25) is 4.79 Å². The molecule has 4 rings (SSSR count). The highest BCUT2D eigenvalue weighted by molar-refractivity contribution is 7.89. The highest BCUT2D eigenvalue weighted by Gasteiger charge is 2.36. The number of carbonyl (C=O) groups is 1. The van der Waals surface area contributed by atoms with Gasteiger partial charge in [0.25, 0.3) is 0 Å². The molecule has 1 atom stereocenters. The van der Waals surface area contributed by atoms with Crippen molar-refractivity contribution in [1.82, 2.24) is 14.2 Å². The lowest BCUT2D eigenvalue weighted by atomic mass is 9.93. The molecule has 1 aromatic carbocycles. The molecule has 1 unspecified atom stereocenters. The molecule has 2 aliphatic heterocycles. The number of halogens is 1. The summed E-state index contributed by atoms with van der Waals surface area (Å²) in [6.07, 6.45) is 4.72. The third-order valence-electron chi connectivity index (χ3n) is 5.79. The van der Waals surface area contributed by atoms with E-state index in [1.165, 1.54) is 22.5 Å². The van der Waals surface area contributed by atoms with Crippen LogP contribution in [0.15, 0.2) is 40.7 Å². The number of piperidine rings is 2. The molecular weight excluding hydrogens is 413 g/mol. The van der Waals surface area contributed by atoms with Crippen molar-refractivity contribution in [2.75, 3.05) is 26.2 Å². The van der Waals surface area contributed by atoms with Crippen molar-refractivity contribution < 1.29 is 17.6 Å². The Hall–Kier alpha value is -1.84. The molecule has 0 saturated carbocycles. The van der Waals surface area contributed by atoms with E-state index in [0.29, 0.717) is 19.4 Å². The predicted octanol–water partition coefficient (Wildman–Crippen LogP) is 3.09. The molecule has 2 fully saturated rings. The molecule has 29 heavy (non-hydrogen) atoms. The van der Waals surface area contributed by atoms with Gasteiger partial charge in [0.15, 0.2) is 0 Å². The van der Waals surface area contributed by atoms with Crippen LogP contribution < -0.4 is 0 Å². The number of benzene rings is 1. The molecule has 0 aliphatic carbocycles. The Labute approximate surface area is 174 Å². The van der Waals surface area contributed by atoms with Crippen LogP contribution >= 0.6 is 11.3 Å². The Morgan fingerprint density at radius 3 is 2.59 bits per heavy atom. The zero-order chi connectivity index (χ0) is 20.4. The summed E-state index contributed by atoms with van der Waals surface area (Å²) in [6.45, 7) is 1.89. The Bertz CT molecular complexity index is 957. The summed E-state index contributed by atoms with van der Waals surface area (Å²) in [5.41, 5.74) is 0. The van der Waals surface area contributed by atoms with Crippen LogP contribution in [-0.2, 0) is 14.8 Å². The molecule has 0 bridgehead atoms. The predicted molar refractivity (Wildman–Crippen MR) is 109 cm³/mol. The lowest BCUT2D eigenvalue weighted by Crippen LogP contribution is -2.46. The number of rotatable bonds is 4. The molecule has 0 radical (unpaired) electrons. The summed E-state index contributed by atoms with van der Waals surface area (Å²) in [5.74, 6) is -0.534. The maximum atomic E-state index is 14.0. The molecule has 156 valence electrons. The summed E-state index contributed by atoms with van der Waals surface area (Å²) in [4.78, 5) is 19.0. The van der Waals surface area contributed by atoms with Crippen molar-refractivity contribution in [2.45, 2.75) is 36.5 Å². The number of carbonyl (C=O) groups excluding carboxylic acids is 1. The highest BCUT2D eigenvalue weighted by Crippen LogP contribution is 2.31. The van der Waals surface area contributed by atoms with Crippen LogP contribution in [0.4, 0.5) is 4.39 Å². The number of hydrogen-bond donors (Lipinski definition) is 0. The van der Waals surface area contributed by atoms with E-state index in [2.05, 4.69) is 4.98 Å². The maximum absolute atomic E-state index is 14.0. The number of hydrogen-bond acceptors (Lipinski definition) is 5. The number of sulfonamides is 1. The van der Waals surface area contributed by atoms with E-state index >= 15 is 0 Å². The van der Waals surface area contributed by atoms with Gasteiger partial charge in [-0.1, -0.05) is 12.1 Å². The zero-order valence-corrected chi connectivity index (χ0v) is 17.7. The van der Waals surface area contributed by atoms with Crippen LogP contribution in [0.3, 0.4) is 0 Å². The highest BCUT2D eigenvalue weighted by atomic mass is 32.2. The topological polar surface area (TPSA) is 70.6 Å². The van der Waals surface area contributed by atoms with Gasteiger partial charge in [-0.15, -0.1) is 11.3 Å². The normalized spacial score (nSPS) is 22.0. The molecule has 2 saturated heterocycles. The van der Waals surface area contributed by atoms with Crippen molar-refractivity contribution in [1.29, 1.82) is 0 Å². The van der Waals surface area contributed by atoms with Crippen molar-refractivity contribution in [3.8, 4) is 0 Å². The first-order chi connectivity index (χ1) is 14.0. The van der Waals surface area contributed by atoms with E-state index in [9.17, 15) is 17.6 Å². The minimum atomic E-state index is -3.88. The van der Waals surface area contributed by atoms with Crippen LogP contribution in [0.25, 0.3) is 0 Å². The maximum Gasteiger partial charge on any atom is 0.245 e. The lowest BCUT2D eigenvalue weighted by molar-refractivity contribution is -0.138. The number of aromatic nitrogens is 1. The van der Waals surface area contributed by atoms with E-state index in [1.54, 1.807) is 17.5 Å². The van der Waals surface area contributed by atoms with Gasteiger partial charge < -0.3 is 4.90 Å². The van der Waals surface area contributed by atoms with Gasteiger partial charge in [0, 0.05) is 49.6 Å². The van der Waals surface area contributed by atoms with E-state index in [-0.39, 0.29) is 35.7 Å². The van der Waals surface area contributed by atoms with Gasteiger partial charge in [0.1, 0.15) is 10.7 Å². The molecule has 6 nitrogen and oxygen atoms in total. The number of nitrogens with zero attached hydrogens (tertiary/aromatic N) is 3. The summed E-state index contributed by atoms with van der Waals surface area (Å²) in [5, 5.41) is 3.04. The smallest absolute Gasteiger partial charge is 0.245 e. The van der Waals surface area contributed by atoms with Crippen LogP contribution in [0.5, 0.6) is 0 Å². The first kappa shape index (κ1) is 20.4. The first-order valence-corrected chi connectivity index (χ1v) is 12.2. The van der Waals surface area contributed by atoms with Gasteiger partial charge in [-0.2, -0.15) is 4.31 Å². The minimum Gasteiger partial charge on any atom is -0.342 e. The van der Waals surface area contributed by atoms with Crippen molar-refractivity contribution >= 4 is 27.3 Å².